The van der Waals surface area contributed by atoms with Crippen molar-refractivity contribution in [2.24, 2.45) is 0 Å². The van der Waals surface area contributed by atoms with Crippen LogP contribution in [0.4, 0.5) is 0 Å². The van der Waals surface area contributed by atoms with Gasteiger partial charge in [0.05, 0.1) is 0 Å². The molecule has 0 rings (SSSR count). The van der Waals surface area contributed by atoms with E-state index in [2.05, 4.69) is 0 Å². The summed E-state index contributed by atoms with van der Waals surface area (Å²) in [7, 11) is -16.6. The molecule has 6 N–H and O–H groups in total. The summed E-state index contributed by atoms with van der Waals surface area (Å²) >= 11 is -3.50. The molecule has 0 fully saturated rings. The van der Waals surface area contributed by atoms with Crippen LogP contribution >= 0.6 is 0 Å². The zero-order chi connectivity index (χ0) is 23.3. The van der Waals surface area contributed by atoms with Crippen LogP contribution in [0.3, 0.4) is 0 Å². The number of hydrogen-bond donors (Lipinski definition) is 6. The standard InChI is InChI=1S/2Al.3Ca.3H2O3Si.2O3Si.4O/c;;;;;5*1-4(2)3;;;;/h;;;;;3*1-2H;;;;;;/q;;3*+2;;;;2*-2;;;2*-1. The molecule has 0 aromatic heterocycles. The van der Waals surface area contributed by atoms with Gasteiger partial charge >= 0.3 is 188 Å². The Morgan fingerprint density at radius 1 is 0.483 bits per heavy atom. The van der Waals surface area contributed by atoms with Gasteiger partial charge in [0, 0.05) is 18.3 Å². The molecule has 0 saturated heterocycles. The van der Waals surface area contributed by atoms with Gasteiger partial charge in [0.2, 0.25) is 0 Å². The summed E-state index contributed by atoms with van der Waals surface area (Å²) in [5.41, 5.74) is 0. The second-order valence-electron chi connectivity index (χ2n) is 1.54. The Labute approximate surface area is 271 Å². The third kappa shape index (κ3) is 5260. The molecule has 29 heteroatoms. The van der Waals surface area contributed by atoms with Crippen LogP contribution < -0.4 is 27.5 Å². The summed E-state index contributed by atoms with van der Waals surface area (Å²) in [6, 6.07) is 0. The van der Waals surface area contributed by atoms with Crippen LogP contribution in [0.1, 0.15) is 0 Å². The fourth-order valence-corrected chi connectivity index (χ4v) is 0. The van der Waals surface area contributed by atoms with E-state index in [1.54, 1.807) is 0 Å². The Balaban J connectivity index is -0.0000000179. The van der Waals surface area contributed by atoms with Gasteiger partial charge in [0.15, 0.2) is 0 Å². The topological polar surface area (TPSA) is 379 Å². The zero-order valence-electron chi connectivity index (χ0n) is 13.8. The van der Waals surface area contributed by atoms with Gasteiger partial charge in [-0.1, -0.05) is 0 Å². The van der Waals surface area contributed by atoms with Crippen molar-refractivity contribution in [2.45, 2.75) is 0 Å². The molecule has 19 nitrogen and oxygen atoms in total. The van der Waals surface area contributed by atoms with Gasteiger partial charge in [0.25, 0.3) is 0 Å². The molecule has 0 amide bonds. The number of rotatable bonds is 0. The van der Waals surface area contributed by atoms with Crippen molar-refractivity contribution < 1.29 is 86.2 Å². The fourth-order valence-electron chi connectivity index (χ4n) is 0. The van der Waals surface area contributed by atoms with Gasteiger partial charge in [0.1, 0.15) is 0 Å². The van der Waals surface area contributed by atoms with E-state index in [1.165, 1.54) is 0 Å². The Kier molecular flexibility index (Phi) is 152. The van der Waals surface area contributed by atoms with Crippen molar-refractivity contribution in [3.05, 3.63) is 0 Å². The molecule has 0 atom stereocenters. The van der Waals surface area contributed by atoms with Crippen LogP contribution in [-0.2, 0) is 29.9 Å². The normalized spacial score (nSPS) is 4.69. The molecule has 29 heavy (non-hydrogen) atoms. The Morgan fingerprint density at radius 3 is 0.483 bits per heavy atom. The van der Waals surface area contributed by atoms with Crippen LogP contribution in [0.15, 0.2) is 0 Å². The minimum atomic E-state index is -3.63. The minimum absolute atomic E-state index is 0. The Morgan fingerprint density at radius 2 is 0.483 bits per heavy atom. The van der Waals surface area contributed by atoms with E-state index in [0.29, 0.717) is 0 Å². The van der Waals surface area contributed by atoms with Crippen LogP contribution in [0.25, 0.3) is 0 Å². The van der Waals surface area contributed by atoms with Crippen molar-refractivity contribution in [1.82, 2.24) is 0 Å². The third-order valence-electron chi connectivity index (χ3n) is 0. The van der Waals surface area contributed by atoms with Gasteiger partial charge in [-0.05, 0) is 0 Å². The summed E-state index contributed by atoms with van der Waals surface area (Å²) in [6.07, 6.45) is 0. The Bertz CT molecular complexity index is 294. The van der Waals surface area contributed by atoms with E-state index in [-0.39, 0.29) is 113 Å². The van der Waals surface area contributed by atoms with Gasteiger partial charge in [-0.3, -0.25) is 13.4 Å². The van der Waals surface area contributed by atoms with Gasteiger partial charge in [-0.25, -0.2) is 0 Å². The first kappa shape index (κ1) is 63.3. The van der Waals surface area contributed by atoms with E-state index < -0.39 is 76.8 Å². The predicted molar refractivity (Wildman–Crippen MR) is 75.7 cm³/mol. The molecular weight excluding hydrogens is 619 g/mol. The van der Waals surface area contributed by atoms with Gasteiger partial charge in [-0.15, -0.1) is 0 Å². The summed E-state index contributed by atoms with van der Waals surface area (Å²) in [6.45, 7) is 0. The summed E-state index contributed by atoms with van der Waals surface area (Å²) in [5.74, 6) is 0. The van der Waals surface area contributed by atoms with Crippen molar-refractivity contribution in [2.75, 3.05) is 0 Å². The molecule has 0 aliphatic rings. The summed E-state index contributed by atoms with van der Waals surface area (Å²) < 4.78 is 77.1. The van der Waals surface area contributed by atoms with Crippen molar-refractivity contribution in [3.8, 4) is 0 Å². The molecule has 0 saturated carbocycles. The monoisotopic (exact) mass is 624 g/mol. The molecule has 0 aromatic rings. The van der Waals surface area contributed by atoms with Crippen LogP contribution in [0, 0.1) is 0 Å². The summed E-state index contributed by atoms with van der Waals surface area (Å²) in [4.78, 5) is 77.0. The first-order chi connectivity index (χ1) is 11.5. The van der Waals surface area contributed by atoms with Crippen molar-refractivity contribution in [1.29, 1.82) is 0 Å². The second kappa shape index (κ2) is 69.9. The van der Waals surface area contributed by atoms with E-state index >= 15 is 0 Å². The van der Waals surface area contributed by atoms with Crippen LogP contribution in [-0.4, -0.2) is 219 Å². The molecule has 0 heterocycles. The molecular formula is H6Al2Ca3O19Si5. The molecule has 0 radical (unpaired) electrons. The molecule has 0 aliphatic carbocycles. The molecule has 0 bridgehead atoms. The van der Waals surface area contributed by atoms with Crippen LogP contribution in [0.2, 0.25) is 0 Å². The predicted octanol–water partition coefficient (Wildman–Crippen LogP) is -15.1. The average Bonchev–Trinajstić information content (AvgIpc) is 2.25. The van der Waals surface area contributed by atoms with E-state index in [9.17, 15) is 0 Å². The maximum atomic E-state index is 8.74. The van der Waals surface area contributed by atoms with E-state index in [0.717, 1.165) is 0 Å². The number of hydrogen-bond acceptors (Lipinski definition) is 13. The SMILES string of the molecule is O=[Si](O)O.O=[Si](O)O.O=[Si](O)O.O=[Si]([O-])[O-].O=[Si]([O-])[O-].[Ca+2].[Ca+2].[Ca+2].[O]=[Al][O-].[O]=[Al][O-]. The molecule has 152 valence electrons. The molecule has 0 unspecified atom stereocenters. The van der Waals surface area contributed by atoms with Crippen molar-refractivity contribution >= 4 is 190 Å². The third-order valence-corrected chi connectivity index (χ3v) is 0. The van der Waals surface area contributed by atoms with Crippen LogP contribution in [0.5, 0.6) is 0 Å². The molecule has 0 aromatic carbocycles. The average molecular weight is 625 g/mol. The quantitative estimate of drug-likeness (QED) is 0.136. The maximum absolute atomic E-state index is 8.74. The molecule has 0 aliphatic heterocycles. The van der Waals surface area contributed by atoms with E-state index in [4.69, 9.17) is 86.2 Å². The first-order valence-electron chi connectivity index (χ1n) is 4.12. The fraction of sp³-hybridized carbons (Fsp3) is 0. The van der Waals surface area contributed by atoms with Gasteiger partial charge < -0.3 is 56.9 Å². The van der Waals surface area contributed by atoms with Crippen molar-refractivity contribution in [3.63, 3.8) is 0 Å². The summed E-state index contributed by atoms with van der Waals surface area (Å²) in [5, 5.41) is 0. The van der Waals surface area contributed by atoms with E-state index in [1.807, 2.05) is 0 Å². The Hall–Kier alpha value is 2.13. The zero-order valence-corrected chi connectivity index (χ0v) is 27.7. The second-order valence-corrected chi connectivity index (χ2v) is 4.62. The molecule has 0 spiro atoms. The first-order valence-corrected chi connectivity index (χ1v) is 12.4. The van der Waals surface area contributed by atoms with Gasteiger partial charge in [-0.2, -0.15) is 0 Å².